The van der Waals surface area contributed by atoms with Crippen LogP contribution in [0.15, 0.2) is 82.8 Å². The Labute approximate surface area is 224 Å². The lowest BCUT2D eigenvalue weighted by molar-refractivity contribution is -0.128. The molecule has 0 saturated carbocycles. The Morgan fingerprint density at radius 3 is 2.32 bits per heavy atom. The molecular formula is C28H26N4O3S2. The minimum Gasteiger partial charge on any atom is -0.368 e. The number of piperazine rings is 1. The Bertz CT molecular complexity index is 1340. The molecule has 0 bridgehead atoms. The van der Waals surface area contributed by atoms with Crippen LogP contribution >= 0.6 is 23.1 Å². The molecule has 7 nitrogen and oxygen atoms in total. The second-order valence-electron chi connectivity index (χ2n) is 8.68. The maximum absolute atomic E-state index is 13.2. The van der Waals surface area contributed by atoms with E-state index in [1.54, 1.807) is 29.2 Å². The van der Waals surface area contributed by atoms with Crippen molar-refractivity contribution < 1.29 is 14.4 Å². The lowest BCUT2D eigenvalue weighted by Crippen LogP contribution is -2.49. The van der Waals surface area contributed by atoms with Crippen molar-refractivity contribution in [2.45, 2.75) is 6.92 Å². The maximum Gasteiger partial charge on any atom is 0.283 e. The summed E-state index contributed by atoms with van der Waals surface area (Å²) >= 11 is 2.84. The van der Waals surface area contributed by atoms with E-state index in [0.717, 1.165) is 29.3 Å². The molecule has 9 heteroatoms. The van der Waals surface area contributed by atoms with Gasteiger partial charge in [-0.05, 0) is 60.8 Å². The van der Waals surface area contributed by atoms with Crippen molar-refractivity contribution in [2.24, 2.45) is 4.99 Å². The molecule has 1 fully saturated rings. The van der Waals surface area contributed by atoms with Gasteiger partial charge in [-0.1, -0.05) is 36.0 Å². The van der Waals surface area contributed by atoms with Crippen molar-refractivity contribution in [1.29, 1.82) is 0 Å². The van der Waals surface area contributed by atoms with Gasteiger partial charge >= 0.3 is 0 Å². The number of amides is 2. The zero-order valence-electron chi connectivity index (χ0n) is 20.4. The first-order chi connectivity index (χ1) is 18.0. The number of carbonyl (C=O) groups is 3. The number of ketones is 1. The minimum absolute atomic E-state index is 0.0235. The maximum atomic E-state index is 13.2. The molecule has 0 spiro atoms. The number of nitrogens with zero attached hydrogens (tertiary/aromatic N) is 4. The molecule has 0 unspecified atom stereocenters. The lowest BCUT2D eigenvalue weighted by atomic mass is 10.1. The topological polar surface area (TPSA) is 73.3 Å². The number of rotatable bonds is 6. The van der Waals surface area contributed by atoms with Gasteiger partial charge in [-0.2, -0.15) is 0 Å². The fourth-order valence-corrected chi connectivity index (χ4v) is 5.81. The minimum atomic E-state index is -0.195. The first-order valence-electron chi connectivity index (χ1n) is 12.0. The Morgan fingerprint density at radius 1 is 0.946 bits per heavy atom. The molecule has 3 heterocycles. The van der Waals surface area contributed by atoms with Crippen LogP contribution in [0, 0.1) is 0 Å². The van der Waals surface area contributed by atoms with Gasteiger partial charge in [-0.15, -0.1) is 11.3 Å². The molecule has 3 aromatic rings. The molecule has 1 aromatic heterocycles. The van der Waals surface area contributed by atoms with E-state index in [0.29, 0.717) is 29.5 Å². The second kappa shape index (κ2) is 11.1. The highest BCUT2D eigenvalue weighted by atomic mass is 32.2. The average Bonchev–Trinajstić information content (AvgIpc) is 3.55. The molecule has 37 heavy (non-hydrogen) atoms. The van der Waals surface area contributed by atoms with Crippen LogP contribution in [0.2, 0.25) is 0 Å². The molecule has 5 rings (SSSR count). The van der Waals surface area contributed by atoms with Crippen LogP contribution in [0.4, 0.5) is 11.4 Å². The van der Waals surface area contributed by atoms with Crippen molar-refractivity contribution in [3.63, 3.8) is 0 Å². The van der Waals surface area contributed by atoms with Crippen molar-refractivity contribution in [2.75, 3.05) is 41.7 Å². The molecule has 0 aliphatic carbocycles. The lowest BCUT2D eigenvalue weighted by Gasteiger charge is -2.36. The van der Waals surface area contributed by atoms with Crippen LogP contribution in [0.3, 0.4) is 0 Å². The van der Waals surface area contributed by atoms with E-state index in [1.165, 1.54) is 11.8 Å². The normalized spacial score (nSPS) is 16.9. The van der Waals surface area contributed by atoms with Crippen LogP contribution < -0.4 is 9.80 Å². The van der Waals surface area contributed by atoms with Crippen molar-refractivity contribution in [1.82, 2.24) is 4.90 Å². The number of aliphatic imine (C=N–C) groups is 1. The zero-order valence-corrected chi connectivity index (χ0v) is 22.0. The smallest absolute Gasteiger partial charge is 0.283 e. The molecule has 0 radical (unpaired) electrons. The summed E-state index contributed by atoms with van der Waals surface area (Å²) in [5.74, 6) is 0.0806. The number of thiophene rings is 1. The predicted molar refractivity (Wildman–Crippen MR) is 151 cm³/mol. The van der Waals surface area contributed by atoms with E-state index in [2.05, 4.69) is 9.89 Å². The van der Waals surface area contributed by atoms with E-state index in [4.69, 9.17) is 0 Å². The number of Topliss-reactive ketones (excluding diaryl/α,β-unsaturated/α-hetero) is 1. The van der Waals surface area contributed by atoms with Crippen molar-refractivity contribution in [3.05, 3.63) is 88.2 Å². The number of anilines is 2. The van der Waals surface area contributed by atoms with Gasteiger partial charge in [-0.25, -0.2) is 4.99 Å². The van der Waals surface area contributed by atoms with E-state index in [9.17, 15) is 14.4 Å². The standard InChI is InChI=1S/C28H26N4O3S2/c1-20(33)21-9-11-22(12-10-21)30-13-15-31(16-14-30)26(34)19-37-28-29-25(18-24-8-5-17-36-24)27(35)32(28)23-6-3-2-4-7-23/h2-12,17-18H,13-16,19H2,1H3. The number of para-hydroxylation sites is 1. The summed E-state index contributed by atoms with van der Waals surface area (Å²) in [4.78, 5) is 49.0. The molecule has 1 saturated heterocycles. The fraction of sp³-hybridized carbons (Fsp3) is 0.214. The molecule has 2 aliphatic rings. The van der Waals surface area contributed by atoms with E-state index in [-0.39, 0.29) is 23.4 Å². The number of thioether (sulfide) groups is 1. The molecule has 2 aromatic carbocycles. The van der Waals surface area contributed by atoms with Crippen LogP contribution in [-0.4, -0.2) is 59.6 Å². The van der Waals surface area contributed by atoms with Gasteiger partial charge in [0.1, 0.15) is 5.70 Å². The van der Waals surface area contributed by atoms with Gasteiger partial charge in [0.25, 0.3) is 5.91 Å². The van der Waals surface area contributed by atoms with Crippen LogP contribution in [0.1, 0.15) is 22.2 Å². The second-order valence-corrected chi connectivity index (χ2v) is 10.6. The summed E-state index contributed by atoms with van der Waals surface area (Å²) < 4.78 is 0. The van der Waals surface area contributed by atoms with Crippen LogP contribution in [-0.2, 0) is 9.59 Å². The van der Waals surface area contributed by atoms with Gasteiger partial charge in [0.05, 0.1) is 11.4 Å². The Morgan fingerprint density at radius 2 is 1.68 bits per heavy atom. The molecule has 0 atom stereocenters. The predicted octanol–water partition coefficient (Wildman–Crippen LogP) is 4.78. The van der Waals surface area contributed by atoms with E-state index in [1.807, 2.05) is 77.0 Å². The number of benzene rings is 2. The third kappa shape index (κ3) is 5.68. The Hall–Kier alpha value is -3.69. The average molecular weight is 531 g/mol. The quantitative estimate of drug-likeness (QED) is 0.339. The van der Waals surface area contributed by atoms with Crippen molar-refractivity contribution >= 4 is 63.3 Å². The summed E-state index contributed by atoms with van der Waals surface area (Å²) in [6.07, 6.45) is 1.79. The number of carbonyl (C=O) groups excluding carboxylic acids is 3. The highest BCUT2D eigenvalue weighted by Crippen LogP contribution is 2.30. The number of amidine groups is 1. The summed E-state index contributed by atoms with van der Waals surface area (Å²) in [6, 6.07) is 20.9. The van der Waals surface area contributed by atoms with Gasteiger partial charge in [-0.3, -0.25) is 19.3 Å². The first kappa shape index (κ1) is 25.0. The third-order valence-electron chi connectivity index (χ3n) is 6.26. The zero-order chi connectivity index (χ0) is 25.8. The van der Waals surface area contributed by atoms with Gasteiger partial charge in [0.15, 0.2) is 11.0 Å². The van der Waals surface area contributed by atoms with Crippen molar-refractivity contribution in [3.8, 4) is 0 Å². The van der Waals surface area contributed by atoms with Gasteiger partial charge < -0.3 is 9.80 Å². The van der Waals surface area contributed by atoms with E-state index >= 15 is 0 Å². The molecule has 0 N–H and O–H groups in total. The molecular weight excluding hydrogens is 504 g/mol. The van der Waals surface area contributed by atoms with Crippen LogP contribution in [0.25, 0.3) is 6.08 Å². The first-order valence-corrected chi connectivity index (χ1v) is 13.9. The largest absolute Gasteiger partial charge is 0.368 e. The molecule has 2 amide bonds. The molecule has 2 aliphatic heterocycles. The number of hydrogen-bond donors (Lipinski definition) is 0. The Balaban J connectivity index is 1.23. The SMILES string of the molecule is CC(=O)c1ccc(N2CCN(C(=O)CSC3=NC(=Cc4cccs4)C(=O)N3c3ccccc3)CC2)cc1. The number of hydrogen-bond acceptors (Lipinski definition) is 7. The molecule has 188 valence electrons. The monoisotopic (exact) mass is 530 g/mol. The summed E-state index contributed by atoms with van der Waals surface area (Å²) in [5.41, 5.74) is 2.84. The highest BCUT2D eigenvalue weighted by Gasteiger charge is 2.33. The van der Waals surface area contributed by atoms with E-state index < -0.39 is 0 Å². The summed E-state index contributed by atoms with van der Waals surface area (Å²) in [7, 11) is 0. The third-order valence-corrected chi connectivity index (χ3v) is 8.00. The van der Waals surface area contributed by atoms with Crippen LogP contribution in [0.5, 0.6) is 0 Å². The Kier molecular flexibility index (Phi) is 7.52. The van der Waals surface area contributed by atoms with Gasteiger partial charge in [0, 0.05) is 42.3 Å². The summed E-state index contributed by atoms with van der Waals surface area (Å²) in [5, 5.41) is 2.47. The highest BCUT2D eigenvalue weighted by molar-refractivity contribution is 8.14. The van der Waals surface area contributed by atoms with Gasteiger partial charge in [0.2, 0.25) is 5.91 Å². The summed E-state index contributed by atoms with van der Waals surface area (Å²) in [6.45, 7) is 4.24. The fourth-order valence-electron chi connectivity index (χ4n) is 4.24.